The molecule has 6 heteroatoms. The largest absolute Gasteiger partial charge is 0.367 e. The molecule has 5 nitrogen and oxygen atoms in total. The molecule has 0 aromatic carbocycles. The van der Waals surface area contributed by atoms with E-state index in [1.807, 2.05) is 11.8 Å². The Balaban J connectivity index is 2.45. The normalized spacial score (nSPS) is 25.5. The summed E-state index contributed by atoms with van der Waals surface area (Å²) in [4.78, 5) is 9.86. The van der Waals surface area contributed by atoms with E-state index < -0.39 is 4.92 Å². The minimum absolute atomic E-state index is 0.347. The molecule has 0 aliphatic carbocycles. The van der Waals surface area contributed by atoms with E-state index in [0.29, 0.717) is 17.1 Å². The van der Waals surface area contributed by atoms with Gasteiger partial charge in [-0.15, -0.1) is 0 Å². The first-order valence-corrected chi connectivity index (χ1v) is 6.29. The maximum atomic E-state index is 10.3. The molecule has 0 saturated carbocycles. The molecule has 1 aliphatic rings. The first kappa shape index (κ1) is 12.2. The fourth-order valence-electron chi connectivity index (χ4n) is 1.59. The molecule has 0 bridgehead atoms. The maximum Gasteiger partial charge on any atom is 0.274 e. The monoisotopic (exact) mass is 231 g/mol. The van der Waals surface area contributed by atoms with Gasteiger partial charge in [0.15, 0.2) is 5.82 Å². The number of hydrogen-bond donors (Lipinski definition) is 2. The summed E-state index contributed by atoms with van der Waals surface area (Å²) in [5, 5.41) is 17.0. The molecule has 0 amide bonds. The van der Waals surface area contributed by atoms with Crippen molar-refractivity contribution in [1.29, 1.82) is 0 Å². The van der Waals surface area contributed by atoms with E-state index in [4.69, 9.17) is 0 Å². The third-order valence-corrected chi connectivity index (χ3v) is 3.42. The molecule has 1 aliphatic heterocycles. The van der Waals surface area contributed by atoms with Gasteiger partial charge in [0.25, 0.3) is 6.20 Å². The van der Waals surface area contributed by atoms with E-state index >= 15 is 0 Å². The second-order valence-corrected chi connectivity index (χ2v) is 4.94. The SMILES string of the molecule is CSC(C)CC1CCNC(=C[N+](=O)[O-])N1. The summed E-state index contributed by atoms with van der Waals surface area (Å²) in [6, 6.07) is 0.347. The third-order valence-electron chi connectivity index (χ3n) is 2.42. The van der Waals surface area contributed by atoms with Crippen molar-refractivity contribution in [2.45, 2.75) is 31.1 Å². The lowest BCUT2D eigenvalue weighted by atomic mass is 10.1. The van der Waals surface area contributed by atoms with Gasteiger partial charge in [0.1, 0.15) is 0 Å². The van der Waals surface area contributed by atoms with Crippen LogP contribution in [0.3, 0.4) is 0 Å². The lowest BCUT2D eigenvalue weighted by molar-refractivity contribution is -0.404. The summed E-state index contributed by atoms with van der Waals surface area (Å²) in [5.74, 6) is 0.532. The van der Waals surface area contributed by atoms with E-state index in [1.54, 1.807) is 0 Å². The van der Waals surface area contributed by atoms with Gasteiger partial charge in [0.05, 0.1) is 4.92 Å². The van der Waals surface area contributed by atoms with E-state index in [0.717, 1.165) is 25.6 Å². The Morgan fingerprint density at radius 2 is 2.53 bits per heavy atom. The molecule has 0 radical (unpaired) electrons. The Labute approximate surface area is 93.8 Å². The number of nitrogens with one attached hydrogen (secondary N) is 2. The molecule has 0 aromatic heterocycles. The molecule has 15 heavy (non-hydrogen) atoms. The number of rotatable bonds is 4. The fourth-order valence-corrected chi connectivity index (χ4v) is 2.01. The van der Waals surface area contributed by atoms with E-state index in [2.05, 4.69) is 23.8 Å². The summed E-state index contributed by atoms with van der Waals surface area (Å²) in [7, 11) is 0. The fraction of sp³-hybridized carbons (Fsp3) is 0.778. The van der Waals surface area contributed by atoms with Crippen molar-refractivity contribution in [2.75, 3.05) is 12.8 Å². The number of nitro groups is 1. The third kappa shape index (κ3) is 4.42. The van der Waals surface area contributed by atoms with Crippen LogP contribution in [0.4, 0.5) is 0 Å². The molecule has 1 saturated heterocycles. The average molecular weight is 231 g/mol. The summed E-state index contributed by atoms with van der Waals surface area (Å²) >= 11 is 1.82. The number of thioether (sulfide) groups is 1. The van der Waals surface area contributed by atoms with Gasteiger partial charge in [0.2, 0.25) is 0 Å². The van der Waals surface area contributed by atoms with Gasteiger partial charge in [-0.25, -0.2) is 0 Å². The predicted octanol–water partition coefficient (Wildman–Crippen LogP) is 1.16. The average Bonchev–Trinajstić information content (AvgIpc) is 2.17. The lowest BCUT2D eigenvalue weighted by Gasteiger charge is -2.28. The van der Waals surface area contributed by atoms with Gasteiger partial charge in [-0.2, -0.15) is 11.8 Å². The van der Waals surface area contributed by atoms with Gasteiger partial charge in [-0.1, -0.05) is 6.92 Å². The number of hydrogen-bond acceptors (Lipinski definition) is 5. The van der Waals surface area contributed by atoms with E-state index in [-0.39, 0.29) is 0 Å². The highest BCUT2D eigenvalue weighted by Gasteiger charge is 2.19. The summed E-state index contributed by atoms with van der Waals surface area (Å²) in [5.41, 5.74) is 0. The second-order valence-electron chi connectivity index (χ2n) is 3.67. The van der Waals surface area contributed by atoms with Crippen molar-refractivity contribution in [2.24, 2.45) is 0 Å². The van der Waals surface area contributed by atoms with Gasteiger partial charge in [-0.3, -0.25) is 10.1 Å². The summed E-state index contributed by atoms with van der Waals surface area (Å²) in [6.07, 6.45) is 5.13. The molecule has 0 aromatic rings. The first-order valence-electron chi connectivity index (χ1n) is 5.00. The van der Waals surface area contributed by atoms with Crippen LogP contribution in [0, 0.1) is 10.1 Å². The minimum Gasteiger partial charge on any atom is -0.367 e. The standard InChI is InChI=1S/C9H17N3O2S/c1-7(15-2)5-8-3-4-10-9(11-8)6-12(13)14/h6-8,10-11H,3-5H2,1-2H3. The van der Waals surface area contributed by atoms with Gasteiger partial charge >= 0.3 is 0 Å². The molecule has 2 unspecified atom stereocenters. The Bertz CT molecular complexity index is 258. The molecule has 1 heterocycles. The van der Waals surface area contributed by atoms with Crippen LogP contribution in [0.25, 0.3) is 0 Å². The Morgan fingerprint density at radius 1 is 1.80 bits per heavy atom. The van der Waals surface area contributed by atoms with Gasteiger partial charge in [-0.05, 0) is 19.1 Å². The van der Waals surface area contributed by atoms with Crippen molar-refractivity contribution < 1.29 is 4.92 Å². The topological polar surface area (TPSA) is 67.2 Å². The summed E-state index contributed by atoms with van der Waals surface area (Å²) in [6.45, 7) is 2.98. The zero-order valence-corrected chi connectivity index (χ0v) is 9.84. The van der Waals surface area contributed by atoms with Crippen LogP contribution in [-0.4, -0.2) is 29.0 Å². The highest BCUT2D eigenvalue weighted by molar-refractivity contribution is 7.99. The maximum absolute atomic E-state index is 10.3. The molecule has 2 N–H and O–H groups in total. The van der Waals surface area contributed by atoms with E-state index in [9.17, 15) is 10.1 Å². The highest BCUT2D eigenvalue weighted by atomic mass is 32.2. The van der Waals surface area contributed by atoms with Crippen LogP contribution in [-0.2, 0) is 0 Å². The Hall–Kier alpha value is -0.910. The minimum atomic E-state index is -0.435. The number of nitrogens with zero attached hydrogens (tertiary/aromatic N) is 1. The molecule has 86 valence electrons. The Morgan fingerprint density at radius 3 is 3.13 bits per heavy atom. The molecular formula is C9H17N3O2S. The molecular weight excluding hydrogens is 214 g/mol. The second kappa shape index (κ2) is 5.85. The Kier molecular flexibility index (Phi) is 4.74. The van der Waals surface area contributed by atoms with Gasteiger partial charge < -0.3 is 10.6 Å². The zero-order chi connectivity index (χ0) is 11.3. The summed E-state index contributed by atoms with van der Waals surface area (Å²) < 4.78 is 0. The van der Waals surface area contributed by atoms with E-state index in [1.165, 1.54) is 0 Å². The van der Waals surface area contributed by atoms with Crippen molar-refractivity contribution >= 4 is 11.8 Å². The van der Waals surface area contributed by atoms with Crippen molar-refractivity contribution in [3.05, 3.63) is 22.1 Å². The van der Waals surface area contributed by atoms with Crippen molar-refractivity contribution in [1.82, 2.24) is 10.6 Å². The van der Waals surface area contributed by atoms with Crippen molar-refractivity contribution in [3.63, 3.8) is 0 Å². The van der Waals surface area contributed by atoms with Crippen molar-refractivity contribution in [3.8, 4) is 0 Å². The molecule has 1 fully saturated rings. The quantitative estimate of drug-likeness (QED) is 0.561. The molecule has 0 spiro atoms. The van der Waals surface area contributed by atoms with Crippen LogP contribution < -0.4 is 10.6 Å². The molecule has 2 atom stereocenters. The van der Waals surface area contributed by atoms with Crippen LogP contribution in [0.5, 0.6) is 0 Å². The zero-order valence-electron chi connectivity index (χ0n) is 9.03. The first-order chi connectivity index (χ1) is 7.11. The van der Waals surface area contributed by atoms with Gasteiger partial charge in [0, 0.05) is 17.8 Å². The lowest BCUT2D eigenvalue weighted by Crippen LogP contribution is -2.44. The smallest absolute Gasteiger partial charge is 0.274 e. The van der Waals surface area contributed by atoms with Crippen LogP contribution in [0.15, 0.2) is 12.0 Å². The molecule has 1 rings (SSSR count). The van der Waals surface area contributed by atoms with Crippen LogP contribution in [0.2, 0.25) is 0 Å². The highest BCUT2D eigenvalue weighted by Crippen LogP contribution is 2.16. The predicted molar refractivity (Wildman–Crippen MR) is 62.2 cm³/mol. The van der Waals surface area contributed by atoms with Crippen LogP contribution >= 0.6 is 11.8 Å². The van der Waals surface area contributed by atoms with Crippen LogP contribution in [0.1, 0.15) is 19.8 Å².